The fourth-order valence-corrected chi connectivity index (χ4v) is 1.69. The number of amides is 1. The van der Waals surface area contributed by atoms with Gasteiger partial charge in [-0.1, -0.05) is 6.07 Å². The quantitative estimate of drug-likeness (QED) is 0.892. The number of benzene rings is 1. The summed E-state index contributed by atoms with van der Waals surface area (Å²) in [5, 5.41) is 2.78. The van der Waals surface area contributed by atoms with Gasteiger partial charge in [0.2, 0.25) is 0 Å². The molecular weight excluding hydrogens is 258 g/mol. The maximum atomic E-state index is 11.8. The summed E-state index contributed by atoms with van der Waals surface area (Å²) in [4.78, 5) is 19.5. The summed E-state index contributed by atoms with van der Waals surface area (Å²) in [6.07, 6.45) is 2.86. The van der Waals surface area contributed by atoms with Crippen LogP contribution < -0.4 is 14.8 Å². The fourth-order valence-electron chi connectivity index (χ4n) is 1.69. The van der Waals surface area contributed by atoms with Gasteiger partial charge in [0, 0.05) is 12.7 Å². The van der Waals surface area contributed by atoms with Crippen molar-refractivity contribution in [3.63, 3.8) is 0 Å². The Morgan fingerprint density at radius 3 is 2.65 bits per heavy atom. The zero-order valence-corrected chi connectivity index (χ0v) is 11.3. The van der Waals surface area contributed by atoms with E-state index in [1.807, 2.05) is 12.1 Å². The van der Waals surface area contributed by atoms with E-state index in [0.29, 0.717) is 23.7 Å². The Hall–Kier alpha value is -2.63. The molecule has 0 aliphatic rings. The van der Waals surface area contributed by atoms with Crippen molar-refractivity contribution >= 4 is 5.91 Å². The van der Waals surface area contributed by atoms with Crippen LogP contribution in [0.4, 0.5) is 0 Å². The van der Waals surface area contributed by atoms with Crippen molar-refractivity contribution in [3.8, 4) is 11.5 Å². The second-order valence-electron chi connectivity index (χ2n) is 3.97. The third-order valence-electron chi connectivity index (χ3n) is 2.72. The number of rotatable bonds is 5. The summed E-state index contributed by atoms with van der Waals surface area (Å²) in [6, 6.07) is 7.04. The van der Waals surface area contributed by atoms with E-state index in [0.717, 1.165) is 5.56 Å². The molecule has 104 valence electrons. The number of nitrogens with one attached hydrogen (secondary N) is 1. The molecule has 0 spiro atoms. The number of ether oxygens (including phenoxy) is 2. The van der Waals surface area contributed by atoms with Crippen molar-refractivity contribution in [2.45, 2.75) is 6.54 Å². The second kappa shape index (κ2) is 6.51. The topological polar surface area (TPSA) is 73.3 Å². The first kappa shape index (κ1) is 13.8. The zero-order valence-electron chi connectivity index (χ0n) is 11.3. The van der Waals surface area contributed by atoms with Gasteiger partial charge in [-0.05, 0) is 23.8 Å². The fraction of sp³-hybridized carbons (Fsp3) is 0.214. The van der Waals surface area contributed by atoms with E-state index in [2.05, 4.69) is 15.3 Å². The summed E-state index contributed by atoms with van der Waals surface area (Å²) < 4.78 is 10.4. The molecule has 1 heterocycles. The molecule has 20 heavy (non-hydrogen) atoms. The Kier molecular flexibility index (Phi) is 4.49. The van der Waals surface area contributed by atoms with Crippen molar-refractivity contribution in [2.24, 2.45) is 0 Å². The molecule has 0 fully saturated rings. The van der Waals surface area contributed by atoms with Crippen LogP contribution in [0.25, 0.3) is 0 Å². The summed E-state index contributed by atoms with van der Waals surface area (Å²) in [7, 11) is 3.15. The van der Waals surface area contributed by atoms with E-state index >= 15 is 0 Å². The van der Waals surface area contributed by atoms with Gasteiger partial charge in [-0.2, -0.15) is 0 Å². The molecule has 1 N–H and O–H groups in total. The predicted octanol–water partition coefficient (Wildman–Crippen LogP) is 1.42. The van der Waals surface area contributed by atoms with E-state index in [1.165, 1.54) is 12.5 Å². The van der Waals surface area contributed by atoms with E-state index in [1.54, 1.807) is 26.4 Å². The summed E-state index contributed by atoms with van der Waals surface area (Å²) in [6.45, 7) is 0.378. The molecule has 2 aromatic rings. The van der Waals surface area contributed by atoms with E-state index in [-0.39, 0.29) is 5.91 Å². The largest absolute Gasteiger partial charge is 0.493 e. The molecule has 1 aromatic carbocycles. The second-order valence-corrected chi connectivity index (χ2v) is 3.97. The Balaban J connectivity index is 2.02. The minimum absolute atomic E-state index is 0.248. The zero-order chi connectivity index (χ0) is 14.4. The van der Waals surface area contributed by atoms with Crippen LogP contribution in [0, 0.1) is 0 Å². The molecule has 0 atom stereocenters. The number of nitrogens with zero attached hydrogens (tertiary/aromatic N) is 2. The van der Waals surface area contributed by atoms with Gasteiger partial charge in [-0.25, -0.2) is 9.97 Å². The van der Waals surface area contributed by atoms with Crippen molar-refractivity contribution < 1.29 is 14.3 Å². The maximum absolute atomic E-state index is 11.8. The molecule has 0 radical (unpaired) electrons. The minimum Gasteiger partial charge on any atom is -0.493 e. The highest BCUT2D eigenvalue weighted by molar-refractivity contribution is 5.91. The maximum Gasteiger partial charge on any atom is 0.270 e. The first-order valence-electron chi connectivity index (χ1n) is 5.99. The molecule has 0 saturated carbocycles. The molecular formula is C14H15N3O3. The molecule has 0 saturated heterocycles. The lowest BCUT2D eigenvalue weighted by atomic mass is 10.2. The molecule has 6 nitrogen and oxygen atoms in total. The van der Waals surface area contributed by atoms with Gasteiger partial charge in [0.25, 0.3) is 5.91 Å². The van der Waals surface area contributed by atoms with E-state index in [4.69, 9.17) is 9.47 Å². The predicted molar refractivity (Wildman–Crippen MR) is 72.7 cm³/mol. The Morgan fingerprint density at radius 1 is 1.20 bits per heavy atom. The monoisotopic (exact) mass is 273 g/mol. The Morgan fingerprint density at radius 2 is 2.00 bits per heavy atom. The van der Waals surface area contributed by atoms with Crippen LogP contribution in [0.2, 0.25) is 0 Å². The van der Waals surface area contributed by atoms with Crippen LogP contribution in [0.1, 0.15) is 16.1 Å². The van der Waals surface area contributed by atoms with Gasteiger partial charge in [0.1, 0.15) is 12.0 Å². The molecule has 1 amide bonds. The smallest absolute Gasteiger partial charge is 0.270 e. The van der Waals surface area contributed by atoms with E-state index in [9.17, 15) is 4.79 Å². The van der Waals surface area contributed by atoms with Gasteiger partial charge in [0.15, 0.2) is 11.5 Å². The normalized spacial score (nSPS) is 9.90. The van der Waals surface area contributed by atoms with Crippen LogP contribution in [0.3, 0.4) is 0 Å². The average molecular weight is 273 g/mol. The van der Waals surface area contributed by atoms with Crippen LogP contribution >= 0.6 is 0 Å². The summed E-state index contributed by atoms with van der Waals surface area (Å²) >= 11 is 0. The highest BCUT2D eigenvalue weighted by atomic mass is 16.5. The Labute approximate surface area is 116 Å². The highest BCUT2D eigenvalue weighted by Crippen LogP contribution is 2.27. The van der Waals surface area contributed by atoms with Gasteiger partial charge < -0.3 is 14.8 Å². The minimum atomic E-state index is -0.248. The molecule has 0 aliphatic carbocycles. The summed E-state index contributed by atoms with van der Waals surface area (Å²) in [5.41, 5.74) is 1.24. The van der Waals surface area contributed by atoms with Gasteiger partial charge in [-0.3, -0.25) is 4.79 Å². The number of methoxy groups -OCH3 is 2. The van der Waals surface area contributed by atoms with Gasteiger partial charge in [0.05, 0.1) is 14.2 Å². The summed E-state index contributed by atoms with van der Waals surface area (Å²) in [5.74, 6) is 1.03. The first-order chi connectivity index (χ1) is 9.74. The Bertz CT molecular complexity index is 587. The van der Waals surface area contributed by atoms with Crippen LogP contribution in [-0.4, -0.2) is 30.1 Å². The molecule has 0 unspecified atom stereocenters. The number of carbonyl (C=O) groups excluding carboxylic acids is 1. The van der Waals surface area contributed by atoms with Gasteiger partial charge >= 0.3 is 0 Å². The van der Waals surface area contributed by atoms with Crippen molar-refractivity contribution in [1.82, 2.24) is 15.3 Å². The highest BCUT2D eigenvalue weighted by Gasteiger charge is 2.08. The molecule has 6 heteroatoms. The van der Waals surface area contributed by atoms with Crippen LogP contribution in [0.5, 0.6) is 11.5 Å². The molecule has 0 aliphatic heterocycles. The van der Waals surface area contributed by atoms with Gasteiger partial charge in [-0.15, -0.1) is 0 Å². The third kappa shape index (κ3) is 3.23. The first-order valence-corrected chi connectivity index (χ1v) is 5.99. The number of carbonyl (C=O) groups is 1. The number of hydrogen-bond acceptors (Lipinski definition) is 5. The number of aromatic nitrogens is 2. The molecule has 1 aromatic heterocycles. The van der Waals surface area contributed by atoms with Crippen molar-refractivity contribution in [2.75, 3.05) is 14.2 Å². The standard InChI is InChI=1S/C14H15N3O3/c1-19-12-4-3-10(7-13(12)20-2)8-16-14(18)11-5-6-15-9-17-11/h3-7,9H,8H2,1-2H3,(H,16,18). The molecule has 2 rings (SSSR count). The van der Waals surface area contributed by atoms with Crippen molar-refractivity contribution in [1.29, 1.82) is 0 Å². The number of hydrogen-bond donors (Lipinski definition) is 1. The van der Waals surface area contributed by atoms with Crippen LogP contribution in [0.15, 0.2) is 36.8 Å². The third-order valence-corrected chi connectivity index (χ3v) is 2.72. The van der Waals surface area contributed by atoms with E-state index < -0.39 is 0 Å². The van der Waals surface area contributed by atoms with Crippen molar-refractivity contribution in [3.05, 3.63) is 48.0 Å². The lowest BCUT2D eigenvalue weighted by molar-refractivity contribution is 0.0945. The molecule has 0 bridgehead atoms. The van der Waals surface area contributed by atoms with Crippen LogP contribution in [-0.2, 0) is 6.54 Å². The lowest BCUT2D eigenvalue weighted by Crippen LogP contribution is -2.23. The lowest BCUT2D eigenvalue weighted by Gasteiger charge is -2.10. The SMILES string of the molecule is COc1ccc(CNC(=O)c2ccncn2)cc1OC. The average Bonchev–Trinajstić information content (AvgIpc) is 2.53.